The van der Waals surface area contributed by atoms with Gasteiger partial charge in [0.15, 0.2) is 5.16 Å². The Morgan fingerprint density at radius 2 is 2.18 bits per heavy atom. The molecular formula is C11H13ClN4S. The molecule has 2 N–H and O–H groups in total. The lowest BCUT2D eigenvalue weighted by molar-refractivity contribution is 0.765. The minimum atomic E-state index is 0.458. The highest BCUT2D eigenvalue weighted by Crippen LogP contribution is 2.34. The molecular weight excluding hydrogens is 256 g/mol. The van der Waals surface area contributed by atoms with E-state index >= 15 is 0 Å². The summed E-state index contributed by atoms with van der Waals surface area (Å²) in [4.78, 5) is 0.951. The van der Waals surface area contributed by atoms with Crippen molar-refractivity contribution in [1.82, 2.24) is 14.8 Å². The van der Waals surface area contributed by atoms with Gasteiger partial charge in [-0.3, -0.25) is 0 Å². The maximum absolute atomic E-state index is 6.18. The van der Waals surface area contributed by atoms with Gasteiger partial charge in [-0.05, 0) is 30.3 Å². The fourth-order valence-electron chi connectivity index (χ4n) is 1.40. The van der Waals surface area contributed by atoms with Crippen LogP contribution >= 0.6 is 23.4 Å². The van der Waals surface area contributed by atoms with Crippen molar-refractivity contribution in [3.63, 3.8) is 0 Å². The van der Waals surface area contributed by atoms with Gasteiger partial charge >= 0.3 is 0 Å². The second-order valence-corrected chi connectivity index (χ2v) is 5.01. The molecule has 2 aromatic rings. The molecule has 0 fully saturated rings. The Hall–Kier alpha value is -1.04. The van der Waals surface area contributed by atoms with E-state index in [1.54, 1.807) is 0 Å². The number of nitrogens with zero attached hydrogens (tertiary/aromatic N) is 3. The third-order valence-corrected chi connectivity index (χ3v) is 4.17. The summed E-state index contributed by atoms with van der Waals surface area (Å²) >= 11 is 7.67. The lowest BCUT2D eigenvalue weighted by atomic mass is 10.2. The lowest BCUT2D eigenvalue weighted by Gasteiger charge is -2.08. The molecule has 6 heteroatoms. The first-order valence-electron chi connectivity index (χ1n) is 5.14. The van der Waals surface area contributed by atoms with Gasteiger partial charge in [-0.1, -0.05) is 23.7 Å². The molecule has 0 atom stereocenters. The maximum atomic E-state index is 6.18. The zero-order chi connectivity index (χ0) is 12.4. The van der Waals surface area contributed by atoms with Crippen molar-refractivity contribution in [2.24, 2.45) is 12.8 Å². The molecule has 0 unspecified atom stereocenters. The van der Waals surface area contributed by atoms with E-state index in [4.69, 9.17) is 17.3 Å². The minimum Gasteiger partial charge on any atom is -0.326 e. The highest BCUT2D eigenvalue weighted by atomic mass is 35.5. The van der Waals surface area contributed by atoms with Gasteiger partial charge in [0.2, 0.25) is 0 Å². The fourth-order valence-corrected chi connectivity index (χ4v) is 2.69. The van der Waals surface area contributed by atoms with Gasteiger partial charge in [-0.25, -0.2) is 0 Å². The molecule has 1 aromatic heterocycles. The molecule has 0 bridgehead atoms. The van der Waals surface area contributed by atoms with Crippen molar-refractivity contribution in [3.8, 4) is 0 Å². The van der Waals surface area contributed by atoms with Crippen LogP contribution in [0.5, 0.6) is 0 Å². The predicted octanol–water partition coefficient (Wildman–Crippen LogP) is 2.39. The van der Waals surface area contributed by atoms with Crippen molar-refractivity contribution >= 4 is 23.4 Å². The van der Waals surface area contributed by atoms with E-state index in [1.807, 2.05) is 36.7 Å². The normalized spacial score (nSPS) is 10.8. The van der Waals surface area contributed by atoms with Crippen LogP contribution in [0.25, 0.3) is 0 Å². The van der Waals surface area contributed by atoms with Gasteiger partial charge in [-0.15, -0.1) is 10.2 Å². The van der Waals surface area contributed by atoms with Crippen LogP contribution in [0.3, 0.4) is 0 Å². The molecule has 0 saturated heterocycles. The monoisotopic (exact) mass is 268 g/mol. The molecule has 0 aliphatic heterocycles. The van der Waals surface area contributed by atoms with Crippen LogP contribution in [0.4, 0.5) is 0 Å². The summed E-state index contributed by atoms with van der Waals surface area (Å²) in [5.41, 5.74) is 6.72. The number of hydrogen-bond donors (Lipinski definition) is 1. The van der Waals surface area contributed by atoms with E-state index < -0.39 is 0 Å². The van der Waals surface area contributed by atoms with E-state index in [1.165, 1.54) is 11.8 Å². The van der Waals surface area contributed by atoms with Crippen molar-refractivity contribution in [2.75, 3.05) is 0 Å². The molecule has 1 heterocycles. The summed E-state index contributed by atoms with van der Waals surface area (Å²) in [6.45, 7) is 2.37. The number of halogens is 1. The Labute approximate surface area is 109 Å². The Balaban J connectivity index is 2.39. The van der Waals surface area contributed by atoms with Crippen LogP contribution < -0.4 is 5.73 Å². The highest BCUT2D eigenvalue weighted by molar-refractivity contribution is 7.99. The van der Waals surface area contributed by atoms with Crippen LogP contribution in [-0.2, 0) is 13.6 Å². The fraction of sp³-hybridized carbons (Fsp3) is 0.273. The number of hydrogen-bond acceptors (Lipinski definition) is 4. The molecule has 1 aromatic carbocycles. The van der Waals surface area contributed by atoms with E-state index in [-0.39, 0.29) is 0 Å². The second-order valence-electron chi connectivity index (χ2n) is 3.62. The minimum absolute atomic E-state index is 0.458. The van der Waals surface area contributed by atoms with Crippen LogP contribution in [0.2, 0.25) is 5.02 Å². The number of aromatic nitrogens is 3. The summed E-state index contributed by atoms with van der Waals surface area (Å²) < 4.78 is 1.92. The van der Waals surface area contributed by atoms with E-state index in [0.717, 1.165) is 21.4 Å². The van der Waals surface area contributed by atoms with E-state index in [2.05, 4.69) is 10.2 Å². The summed E-state index contributed by atoms with van der Waals surface area (Å²) in [5, 5.41) is 9.62. The first-order chi connectivity index (χ1) is 8.13. The maximum Gasteiger partial charge on any atom is 0.195 e. The van der Waals surface area contributed by atoms with Gasteiger partial charge in [0.1, 0.15) is 5.82 Å². The lowest BCUT2D eigenvalue weighted by Crippen LogP contribution is -2.00. The van der Waals surface area contributed by atoms with Gasteiger partial charge in [0.05, 0.1) is 5.02 Å². The van der Waals surface area contributed by atoms with Gasteiger partial charge in [-0.2, -0.15) is 0 Å². The standard InChI is InChI=1S/C11H13ClN4S/c1-7-14-15-11(16(7)2)17-10-8(6-13)4-3-5-9(10)12/h3-5H,6,13H2,1-2H3. The Bertz CT molecular complexity index is 538. The number of aryl methyl sites for hydroxylation is 1. The first-order valence-corrected chi connectivity index (χ1v) is 6.34. The average molecular weight is 269 g/mol. The second kappa shape index (κ2) is 5.08. The van der Waals surface area contributed by atoms with Gasteiger partial charge in [0.25, 0.3) is 0 Å². The number of rotatable bonds is 3. The summed E-state index contributed by atoms with van der Waals surface area (Å²) in [6.07, 6.45) is 0. The SMILES string of the molecule is Cc1nnc(Sc2c(Cl)cccc2CN)n1C. The van der Waals surface area contributed by atoms with Crippen LogP contribution in [0.15, 0.2) is 28.3 Å². The zero-order valence-corrected chi connectivity index (χ0v) is 11.2. The Kier molecular flexibility index (Phi) is 3.71. The molecule has 0 saturated carbocycles. The molecule has 0 amide bonds. The average Bonchev–Trinajstić information content (AvgIpc) is 2.63. The van der Waals surface area contributed by atoms with Crippen molar-refractivity contribution < 1.29 is 0 Å². The molecule has 4 nitrogen and oxygen atoms in total. The molecule has 17 heavy (non-hydrogen) atoms. The highest BCUT2D eigenvalue weighted by Gasteiger charge is 2.12. The predicted molar refractivity (Wildman–Crippen MR) is 69.2 cm³/mol. The molecule has 0 spiro atoms. The van der Waals surface area contributed by atoms with Crippen molar-refractivity contribution in [2.45, 2.75) is 23.5 Å². The summed E-state index contributed by atoms with van der Waals surface area (Å²) in [7, 11) is 1.93. The molecule has 2 rings (SSSR count). The van der Waals surface area contributed by atoms with Crippen LogP contribution in [0.1, 0.15) is 11.4 Å². The van der Waals surface area contributed by atoms with E-state index in [0.29, 0.717) is 11.6 Å². The molecule has 90 valence electrons. The smallest absolute Gasteiger partial charge is 0.195 e. The molecule has 0 aliphatic carbocycles. The number of nitrogens with two attached hydrogens (primary N) is 1. The quantitative estimate of drug-likeness (QED) is 0.929. The van der Waals surface area contributed by atoms with Gasteiger partial charge < -0.3 is 10.3 Å². The molecule has 0 radical (unpaired) electrons. The summed E-state index contributed by atoms with van der Waals surface area (Å²) in [6, 6.07) is 5.72. The van der Waals surface area contributed by atoms with Crippen LogP contribution in [-0.4, -0.2) is 14.8 Å². The Morgan fingerprint density at radius 1 is 1.41 bits per heavy atom. The third-order valence-electron chi connectivity index (χ3n) is 2.51. The first kappa shape index (κ1) is 12.4. The van der Waals surface area contributed by atoms with Gasteiger partial charge in [0, 0.05) is 18.5 Å². The van der Waals surface area contributed by atoms with E-state index in [9.17, 15) is 0 Å². The van der Waals surface area contributed by atoms with Crippen molar-refractivity contribution in [3.05, 3.63) is 34.6 Å². The largest absolute Gasteiger partial charge is 0.326 e. The number of benzene rings is 1. The van der Waals surface area contributed by atoms with Crippen LogP contribution in [0, 0.1) is 6.92 Å². The van der Waals surface area contributed by atoms with Crippen molar-refractivity contribution in [1.29, 1.82) is 0 Å². The third kappa shape index (κ3) is 2.46. The zero-order valence-electron chi connectivity index (χ0n) is 9.64. The molecule has 0 aliphatic rings. The topological polar surface area (TPSA) is 56.7 Å². The Morgan fingerprint density at radius 3 is 2.76 bits per heavy atom. The summed E-state index contributed by atoms with van der Waals surface area (Å²) in [5.74, 6) is 0.869.